The third-order valence-corrected chi connectivity index (χ3v) is 4.89. The molecule has 1 amide bonds. The van der Waals surface area contributed by atoms with Gasteiger partial charge in [0.2, 0.25) is 15.9 Å². The topological polar surface area (TPSA) is 79.6 Å². The van der Waals surface area contributed by atoms with Gasteiger partial charge in [-0.15, -0.1) is 0 Å². The Bertz CT molecular complexity index is 791. The summed E-state index contributed by atoms with van der Waals surface area (Å²) in [5.41, 5.74) is 0.526. The highest BCUT2D eigenvalue weighted by Crippen LogP contribution is 2.10. The van der Waals surface area contributed by atoms with Crippen molar-refractivity contribution < 1.29 is 22.0 Å². The van der Waals surface area contributed by atoms with E-state index in [4.69, 9.17) is 4.42 Å². The van der Waals surface area contributed by atoms with Crippen LogP contribution in [0.15, 0.2) is 47.1 Å². The van der Waals surface area contributed by atoms with Crippen LogP contribution in [-0.2, 0) is 27.8 Å². The molecule has 0 unspecified atom stereocenters. The fraction of sp³-hybridized carbons (Fsp3) is 0.353. The highest BCUT2D eigenvalue weighted by Gasteiger charge is 2.19. The average Bonchev–Trinajstić information content (AvgIpc) is 3.05. The molecule has 136 valence electrons. The van der Waals surface area contributed by atoms with Gasteiger partial charge in [-0.05, 0) is 30.2 Å². The molecule has 2 aromatic rings. The summed E-state index contributed by atoms with van der Waals surface area (Å²) in [5, 5.41) is 2.67. The van der Waals surface area contributed by atoms with Gasteiger partial charge in [-0.25, -0.2) is 12.8 Å². The molecule has 0 bridgehead atoms. The Morgan fingerprint density at radius 1 is 1.24 bits per heavy atom. The molecule has 0 saturated heterocycles. The number of hydrogen-bond donors (Lipinski definition) is 1. The van der Waals surface area contributed by atoms with Gasteiger partial charge in [-0.3, -0.25) is 4.79 Å². The molecule has 0 atom stereocenters. The number of furan rings is 1. The molecule has 8 heteroatoms. The van der Waals surface area contributed by atoms with Crippen molar-refractivity contribution in [1.82, 2.24) is 9.62 Å². The van der Waals surface area contributed by atoms with Crippen LogP contribution in [0.25, 0.3) is 0 Å². The van der Waals surface area contributed by atoms with Crippen LogP contribution in [0.5, 0.6) is 0 Å². The molecule has 0 spiro atoms. The molecule has 0 aliphatic heterocycles. The van der Waals surface area contributed by atoms with Crippen LogP contribution >= 0.6 is 0 Å². The molecule has 6 nitrogen and oxygen atoms in total. The molecule has 1 aromatic heterocycles. The highest BCUT2D eigenvalue weighted by atomic mass is 32.2. The third kappa shape index (κ3) is 6.32. The van der Waals surface area contributed by atoms with Crippen LogP contribution < -0.4 is 5.32 Å². The van der Waals surface area contributed by atoms with E-state index >= 15 is 0 Å². The summed E-state index contributed by atoms with van der Waals surface area (Å²) in [5.74, 6) is -0.0896. The van der Waals surface area contributed by atoms with Crippen LogP contribution in [0.3, 0.4) is 0 Å². The number of carbonyl (C=O) groups excluding carboxylic acids is 1. The van der Waals surface area contributed by atoms with Gasteiger partial charge >= 0.3 is 0 Å². The van der Waals surface area contributed by atoms with Crippen molar-refractivity contribution in [2.75, 3.05) is 19.3 Å². The minimum atomic E-state index is -3.46. The first-order valence-corrected chi connectivity index (χ1v) is 9.68. The predicted molar refractivity (Wildman–Crippen MR) is 91.7 cm³/mol. The second kappa shape index (κ2) is 8.77. The lowest BCUT2D eigenvalue weighted by Gasteiger charge is -2.18. The smallest absolute Gasteiger partial charge is 0.221 e. The predicted octanol–water partition coefficient (Wildman–Crippen LogP) is 1.93. The number of rotatable bonds is 9. The summed E-state index contributed by atoms with van der Waals surface area (Å²) >= 11 is 0. The maximum Gasteiger partial charge on any atom is 0.221 e. The van der Waals surface area contributed by atoms with Gasteiger partial charge in [0, 0.05) is 19.5 Å². The van der Waals surface area contributed by atoms with Gasteiger partial charge in [0.05, 0.1) is 19.1 Å². The molecule has 0 aliphatic carbocycles. The van der Waals surface area contributed by atoms with E-state index in [2.05, 4.69) is 5.32 Å². The van der Waals surface area contributed by atoms with Gasteiger partial charge in [0.15, 0.2) is 0 Å². The lowest BCUT2D eigenvalue weighted by molar-refractivity contribution is -0.121. The van der Waals surface area contributed by atoms with Gasteiger partial charge in [-0.1, -0.05) is 18.2 Å². The van der Waals surface area contributed by atoms with E-state index in [1.165, 1.54) is 16.6 Å². The van der Waals surface area contributed by atoms with Gasteiger partial charge in [0.25, 0.3) is 0 Å². The van der Waals surface area contributed by atoms with Crippen molar-refractivity contribution in [2.45, 2.75) is 19.4 Å². The quantitative estimate of drug-likeness (QED) is 0.733. The molecule has 0 saturated carbocycles. The first-order valence-electron chi connectivity index (χ1n) is 7.84. The van der Waals surface area contributed by atoms with Gasteiger partial charge in [-0.2, -0.15) is 4.31 Å². The molecule has 1 aromatic carbocycles. The number of nitrogens with one attached hydrogen (secondary N) is 1. The Balaban J connectivity index is 1.79. The zero-order valence-corrected chi connectivity index (χ0v) is 14.8. The highest BCUT2D eigenvalue weighted by molar-refractivity contribution is 7.88. The van der Waals surface area contributed by atoms with Crippen molar-refractivity contribution in [3.8, 4) is 0 Å². The summed E-state index contributed by atoms with van der Waals surface area (Å²) in [6.45, 7) is 0.413. The van der Waals surface area contributed by atoms with E-state index in [0.717, 1.165) is 6.26 Å². The van der Waals surface area contributed by atoms with Crippen molar-refractivity contribution in [1.29, 1.82) is 0 Å². The second-order valence-corrected chi connectivity index (χ2v) is 7.60. The van der Waals surface area contributed by atoms with Crippen molar-refractivity contribution >= 4 is 15.9 Å². The Morgan fingerprint density at radius 3 is 2.64 bits per heavy atom. The molecular formula is C17H21FN2O4S. The van der Waals surface area contributed by atoms with Crippen LogP contribution in [0.4, 0.5) is 4.39 Å². The monoisotopic (exact) mass is 368 g/mol. The zero-order valence-electron chi connectivity index (χ0n) is 13.9. The standard InChI is InChI=1S/C17H21FN2O4S/c1-25(22,23)20(13-15-6-4-12-24-15)11-9-17(21)19-10-8-14-5-2-3-7-16(14)18/h2-7,12H,8-11,13H2,1H3,(H,19,21). The molecule has 1 heterocycles. The number of hydrogen-bond acceptors (Lipinski definition) is 4. The van der Waals surface area contributed by atoms with E-state index in [1.807, 2.05) is 0 Å². The van der Waals surface area contributed by atoms with Crippen LogP contribution in [0, 0.1) is 5.82 Å². The van der Waals surface area contributed by atoms with E-state index < -0.39 is 10.0 Å². The van der Waals surface area contributed by atoms with E-state index in [-0.39, 0.29) is 37.8 Å². The number of nitrogens with zero attached hydrogens (tertiary/aromatic N) is 1. The second-order valence-electron chi connectivity index (χ2n) is 5.62. The van der Waals surface area contributed by atoms with E-state index in [1.54, 1.807) is 30.3 Å². The fourth-order valence-electron chi connectivity index (χ4n) is 2.29. The van der Waals surface area contributed by atoms with Crippen molar-refractivity contribution in [3.63, 3.8) is 0 Å². The summed E-state index contributed by atoms with van der Waals surface area (Å²) in [6, 6.07) is 9.72. The first-order chi connectivity index (χ1) is 11.9. The molecule has 0 aliphatic rings. The molecule has 25 heavy (non-hydrogen) atoms. The average molecular weight is 368 g/mol. The number of amides is 1. The zero-order chi connectivity index (χ0) is 18.3. The van der Waals surface area contributed by atoms with Gasteiger partial charge in [0.1, 0.15) is 11.6 Å². The summed E-state index contributed by atoms with van der Waals surface area (Å²) < 4.78 is 43.5. The normalized spacial score (nSPS) is 11.6. The summed E-state index contributed by atoms with van der Waals surface area (Å²) in [7, 11) is -3.46. The van der Waals surface area contributed by atoms with E-state index in [9.17, 15) is 17.6 Å². The largest absolute Gasteiger partial charge is 0.468 e. The Morgan fingerprint density at radius 2 is 2.00 bits per heavy atom. The minimum Gasteiger partial charge on any atom is -0.468 e. The molecule has 2 rings (SSSR count). The Labute approximate surface area is 146 Å². The Kier molecular flexibility index (Phi) is 6.72. The number of benzene rings is 1. The van der Waals surface area contributed by atoms with Crippen LogP contribution in [0.2, 0.25) is 0 Å². The van der Waals surface area contributed by atoms with Crippen LogP contribution in [-0.4, -0.2) is 38.0 Å². The third-order valence-electron chi connectivity index (χ3n) is 3.64. The number of halogens is 1. The lowest BCUT2D eigenvalue weighted by Crippen LogP contribution is -2.34. The number of carbonyl (C=O) groups is 1. The lowest BCUT2D eigenvalue weighted by atomic mass is 10.1. The fourth-order valence-corrected chi connectivity index (χ4v) is 3.08. The van der Waals surface area contributed by atoms with Crippen LogP contribution in [0.1, 0.15) is 17.7 Å². The number of sulfonamides is 1. The first kappa shape index (κ1) is 19.1. The molecule has 0 radical (unpaired) electrons. The van der Waals surface area contributed by atoms with Crippen molar-refractivity contribution in [2.24, 2.45) is 0 Å². The van der Waals surface area contributed by atoms with E-state index in [0.29, 0.717) is 17.7 Å². The van der Waals surface area contributed by atoms with Crippen molar-refractivity contribution in [3.05, 3.63) is 59.8 Å². The maximum absolute atomic E-state index is 13.5. The minimum absolute atomic E-state index is 0.0189. The molecular weight excluding hydrogens is 347 g/mol. The molecule has 1 N–H and O–H groups in total. The molecule has 0 fully saturated rings. The SMILES string of the molecule is CS(=O)(=O)N(CCC(=O)NCCc1ccccc1F)Cc1ccco1. The summed E-state index contributed by atoms with van der Waals surface area (Å²) in [4.78, 5) is 11.9. The summed E-state index contributed by atoms with van der Waals surface area (Å²) in [6.07, 6.45) is 2.95. The maximum atomic E-state index is 13.5. The Hall–Kier alpha value is -2.19. The van der Waals surface area contributed by atoms with Gasteiger partial charge < -0.3 is 9.73 Å².